The third-order valence-electron chi connectivity index (χ3n) is 3.70. The predicted octanol–water partition coefficient (Wildman–Crippen LogP) is 5.25. The molecule has 1 rings (SSSR count). The maximum absolute atomic E-state index is 11.9. The van der Waals surface area contributed by atoms with Gasteiger partial charge in [0.2, 0.25) is 0 Å². The van der Waals surface area contributed by atoms with Gasteiger partial charge in [-0.1, -0.05) is 75.1 Å². The van der Waals surface area contributed by atoms with Gasteiger partial charge < -0.3 is 4.74 Å². The minimum absolute atomic E-state index is 0.159. The molecule has 0 amide bonds. The van der Waals surface area contributed by atoms with Crippen LogP contribution in [0.5, 0.6) is 0 Å². The van der Waals surface area contributed by atoms with E-state index in [0.29, 0.717) is 6.42 Å². The van der Waals surface area contributed by atoms with E-state index in [9.17, 15) is 4.79 Å². The highest BCUT2D eigenvalue weighted by Gasteiger charge is 2.19. The van der Waals surface area contributed by atoms with Crippen molar-refractivity contribution in [2.24, 2.45) is 0 Å². The van der Waals surface area contributed by atoms with Crippen molar-refractivity contribution in [2.45, 2.75) is 57.8 Å². The summed E-state index contributed by atoms with van der Waals surface area (Å²) in [5.74, 6) is -0.346. The lowest BCUT2D eigenvalue weighted by Crippen LogP contribution is -2.13. The van der Waals surface area contributed by atoms with Crippen LogP contribution < -0.4 is 0 Å². The van der Waals surface area contributed by atoms with Crippen LogP contribution in [0.2, 0.25) is 0 Å². The molecule has 0 bridgehead atoms. The van der Waals surface area contributed by atoms with Gasteiger partial charge in [-0.15, -0.1) is 0 Å². The molecule has 0 spiro atoms. The van der Waals surface area contributed by atoms with E-state index in [1.54, 1.807) is 0 Å². The quantitative estimate of drug-likeness (QED) is 0.334. The van der Waals surface area contributed by atoms with Crippen LogP contribution in [0.3, 0.4) is 0 Å². The molecule has 0 aliphatic carbocycles. The summed E-state index contributed by atoms with van der Waals surface area (Å²) in [6.45, 7) is 2.23. The molecule has 2 heteroatoms. The Morgan fingerprint density at radius 3 is 2.48 bits per heavy atom. The molecule has 0 fully saturated rings. The standard InChI is InChI=1S/C19H28O2/c1-3-4-5-6-7-8-9-13-16-18(19(20)21-2)17-14-11-10-12-15-17/h9-15,18H,3-8,16H2,1-2H3/b13-9+. The fraction of sp³-hybridized carbons (Fsp3) is 0.526. The molecule has 0 aliphatic heterocycles. The topological polar surface area (TPSA) is 26.3 Å². The van der Waals surface area contributed by atoms with Gasteiger partial charge in [0.15, 0.2) is 0 Å². The predicted molar refractivity (Wildman–Crippen MR) is 88.3 cm³/mol. The molecule has 0 heterocycles. The minimum atomic E-state index is -0.187. The Labute approximate surface area is 129 Å². The molecule has 1 unspecified atom stereocenters. The molecule has 0 radical (unpaired) electrons. The van der Waals surface area contributed by atoms with Gasteiger partial charge in [-0.2, -0.15) is 0 Å². The molecule has 2 nitrogen and oxygen atoms in total. The fourth-order valence-corrected chi connectivity index (χ4v) is 2.41. The largest absolute Gasteiger partial charge is 0.469 e. The molecule has 21 heavy (non-hydrogen) atoms. The second-order valence-corrected chi connectivity index (χ2v) is 5.40. The minimum Gasteiger partial charge on any atom is -0.469 e. The molecule has 116 valence electrons. The Hall–Kier alpha value is -1.57. The molecular weight excluding hydrogens is 260 g/mol. The van der Waals surface area contributed by atoms with Gasteiger partial charge in [-0.05, 0) is 24.8 Å². The fourth-order valence-electron chi connectivity index (χ4n) is 2.41. The van der Waals surface area contributed by atoms with Gasteiger partial charge in [0.1, 0.15) is 0 Å². The summed E-state index contributed by atoms with van der Waals surface area (Å²) < 4.78 is 4.92. The first-order chi connectivity index (χ1) is 10.3. The van der Waals surface area contributed by atoms with Crippen LogP contribution >= 0.6 is 0 Å². The molecule has 0 aromatic heterocycles. The van der Waals surface area contributed by atoms with E-state index in [2.05, 4.69) is 19.1 Å². The van der Waals surface area contributed by atoms with Crippen LogP contribution in [0, 0.1) is 0 Å². The number of benzene rings is 1. The maximum Gasteiger partial charge on any atom is 0.313 e. The van der Waals surface area contributed by atoms with Crippen molar-refractivity contribution in [2.75, 3.05) is 7.11 Å². The lowest BCUT2D eigenvalue weighted by molar-refractivity contribution is -0.142. The Bertz CT molecular complexity index is 409. The first kappa shape index (κ1) is 17.5. The van der Waals surface area contributed by atoms with Crippen molar-refractivity contribution in [3.63, 3.8) is 0 Å². The number of unbranched alkanes of at least 4 members (excludes halogenated alkanes) is 5. The smallest absolute Gasteiger partial charge is 0.313 e. The van der Waals surface area contributed by atoms with Crippen LogP contribution in [0.15, 0.2) is 42.5 Å². The second kappa shape index (κ2) is 11.1. The number of esters is 1. The Morgan fingerprint density at radius 1 is 1.10 bits per heavy atom. The summed E-state index contributed by atoms with van der Waals surface area (Å²) >= 11 is 0. The molecule has 0 saturated heterocycles. The zero-order chi connectivity index (χ0) is 15.3. The van der Waals surface area contributed by atoms with E-state index >= 15 is 0 Å². The third kappa shape index (κ3) is 7.12. The van der Waals surface area contributed by atoms with E-state index in [-0.39, 0.29) is 11.9 Å². The van der Waals surface area contributed by atoms with Crippen molar-refractivity contribution in [3.8, 4) is 0 Å². The average Bonchev–Trinajstić information content (AvgIpc) is 2.53. The summed E-state index contributed by atoms with van der Waals surface area (Å²) in [6, 6.07) is 9.86. The second-order valence-electron chi connectivity index (χ2n) is 5.40. The highest BCUT2D eigenvalue weighted by atomic mass is 16.5. The SMILES string of the molecule is CCCCCCC/C=C/CC(C(=O)OC)c1ccccc1. The van der Waals surface area contributed by atoms with Crippen LogP contribution in [0.4, 0.5) is 0 Å². The Kier molecular flexibility index (Phi) is 9.26. The van der Waals surface area contributed by atoms with Crippen LogP contribution in [0.25, 0.3) is 0 Å². The third-order valence-corrected chi connectivity index (χ3v) is 3.70. The molecule has 1 aromatic carbocycles. The van der Waals surface area contributed by atoms with E-state index in [4.69, 9.17) is 4.74 Å². The molecule has 0 N–H and O–H groups in total. The highest BCUT2D eigenvalue weighted by molar-refractivity contribution is 5.78. The van der Waals surface area contributed by atoms with E-state index < -0.39 is 0 Å². The van der Waals surface area contributed by atoms with Gasteiger partial charge in [-0.25, -0.2) is 0 Å². The van der Waals surface area contributed by atoms with E-state index in [1.807, 2.05) is 30.3 Å². The molecule has 1 atom stereocenters. The number of methoxy groups -OCH3 is 1. The average molecular weight is 288 g/mol. The number of rotatable bonds is 10. The maximum atomic E-state index is 11.9. The zero-order valence-electron chi connectivity index (χ0n) is 13.4. The van der Waals surface area contributed by atoms with Crippen molar-refractivity contribution in [1.29, 1.82) is 0 Å². The van der Waals surface area contributed by atoms with Gasteiger partial charge in [0.25, 0.3) is 0 Å². The molecule has 0 aliphatic rings. The summed E-state index contributed by atoms with van der Waals surface area (Å²) in [7, 11) is 1.45. The first-order valence-corrected chi connectivity index (χ1v) is 8.07. The van der Waals surface area contributed by atoms with Gasteiger partial charge >= 0.3 is 5.97 Å². The Balaban J connectivity index is 2.39. The van der Waals surface area contributed by atoms with Gasteiger partial charge in [0, 0.05) is 0 Å². The summed E-state index contributed by atoms with van der Waals surface area (Å²) in [6.07, 6.45) is 12.6. The summed E-state index contributed by atoms with van der Waals surface area (Å²) in [5.41, 5.74) is 1.02. The Morgan fingerprint density at radius 2 is 1.81 bits per heavy atom. The number of hydrogen-bond donors (Lipinski definition) is 0. The van der Waals surface area contributed by atoms with Crippen molar-refractivity contribution in [1.82, 2.24) is 0 Å². The van der Waals surface area contributed by atoms with E-state index in [0.717, 1.165) is 12.0 Å². The monoisotopic (exact) mass is 288 g/mol. The molecular formula is C19H28O2. The normalized spacial score (nSPS) is 12.5. The lowest BCUT2D eigenvalue weighted by atomic mass is 9.95. The van der Waals surface area contributed by atoms with Crippen LogP contribution in [-0.4, -0.2) is 13.1 Å². The van der Waals surface area contributed by atoms with Crippen molar-refractivity contribution < 1.29 is 9.53 Å². The highest BCUT2D eigenvalue weighted by Crippen LogP contribution is 2.21. The lowest BCUT2D eigenvalue weighted by Gasteiger charge is -2.12. The summed E-state index contributed by atoms with van der Waals surface area (Å²) in [5, 5.41) is 0. The molecule has 1 aromatic rings. The van der Waals surface area contributed by atoms with Crippen molar-refractivity contribution in [3.05, 3.63) is 48.0 Å². The van der Waals surface area contributed by atoms with Crippen LogP contribution in [-0.2, 0) is 9.53 Å². The number of carbonyl (C=O) groups is 1. The van der Waals surface area contributed by atoms with E-state index in [1.165, 1.54) is 39.2 Å². The van der Waals surface area contributed by atoms with Crippen LogP contribution in [0.1, 0.15) is 63.4 Å². The summed E-state index contributed by atoms with van der Waals surface area (Å²) in [4.78, 5) is 11.9. The van der Waals surface area contributed by atoms with Gasteiger partial charge in [-0.3, -0.25) is 4.79 Å². The first-order valence-electron chi connectivity index (χ1n) is 8.07. The van der Waals surface area contributed by atoms with Gasteiger partial charge in [0.05, 0.1) is 13.0 Å². The number of allylic oxidation sites excluding steroid dienone is 2. The zero-order valence-corrected chi connectivity index (χ0v) is 13.4. The molecule has 0 saturated carbocycles. The number of ether oxygens (including phenoxy) is 1. The van der Waals surface area contributed by atoms with Crippen molar-refractivity contribution >= 4 is 5.97 Å². The number of hydrogen-bond acceptors (Lipinski definition) is 2. The number of carbonyl (C=O) groups excluding carboxylic acids is 1.